The molecule has 0 saturated carbocycles. The number of fused-ring (bicyclic) bond motifs is 1. The van der Waals surface area contributed by atoms with E-state index in [-0.39, 0.29) is 6.61 Å². The van der Waals surface area contributed by atoms with Gasteiger partial charge in [0.2, 0.25) is 0 Å². The fraction of sp³-hybridized carbons (Fsp3) is 0.650. The molecule has 0 spiro atoms. The molecule has 0 aliphatic carbocycles. The van der Waals surface area contributed by atoms with Crippen LogP contribution in [0.4, 0.5) is 5.82 Å². The summed E-state index contributed by atoms with van der Waals surface area (Å²) in [5.74, 6) is 3.38. The Bertz CT molecular complexity index is 788. The number of unbranched alkanes of at least 4 members (excludes halogenated alkanes) is 6. The Balaban J connectivity index is 1.50. The quantitative estimate of drug-likeness (QED) is 0.401. The average Bonchev–Trinajstić information content (AvgIpc) is 3.30. The van der Waals surface area contributed by atoms with Crippen LogP contribution in [0.5, 0.6) is 0 Å². The summed E-state index contributed by atoms with van der Waals surface area (Å²) in [6.45, 7) is 0.616. The molecular formula is C20H29N5O3. The van der Waals surface area contributed by atoms with Crippen molar-refractivity contribution in [1.29, 1.82) is 0 Å². The first-order chi connectivity index (χ1) is 13.7. The lowest BCUT2D eigenvalue weighted by Crippen LogP contribution is -2.24. The Hall–Kier alpha value is -2.21. The van der Waals surface area contributed by atoms with E-state index in [0.29, 0.717) is 23.4 Å². The molecule has 3 N–H and O–H groups in total. The molecule has 1 aliphatic heterocycles. The number of aliphatic hydroxyl groups is 2. The number of rotatable bonds is 11. The minimum absolute atomic E-state index is 0.212. The van der Waals surface area contributed by atoms with Crippen molar-refractivity contribution in [2.75, 3.05) is 18.5 Å². The molecule has 0 radical (unpaired) electrons. The van der Waals surface area contributed by atoms with Crippen molar-refractivity contribution in [3.05, 3.63) is 12.7 Å². The van der Waals surface area contributed by atoms with Crippen LogP contribution in [0.2, 0.25) is 0 Å². The van der Waals surface area contributed by atoms with Crippen LogP contribution in [0.3, 0.4) is 0 Å². The summed E-state index contributed by atoms with van der Waals surface area (Å²) >= 11 is 0. The van der Waals surface area contributed by atoms with Gasteiger partial charge in [-0.3, -0.25) is 4.57 Å². The highest BCUT2D eigenvalue weighted by atomic mass is 16.5. The first kappa shape index (κ1) is 20.5. The molecule has 0 bridgehead atoms. The van der Waals surface area contributed by atoms with Crippen molar-refractivity contribution in [3.63, 3.8) is 0 Å². The molecule has 2 aromatic rings. The third kappa shape index (κ3) is 4.98. The van der Waals surface area contributed by atoms with Crippen molar-refractivity contribution in [3.8, 4) is 12.3 Å². The van der Waals surface area contributed by atoms with Crippen molar-refractivity contribution >= 4 is 17.0 Å². The van der Waals surface area contributed by atoms with Crippen LogP contribution >= 0.6 is 0 Å². The van der Waals surface area contributed by atoms with E-state index < -0.39 is 18.4 Å². The second kappa shape index (κ2) is 10.4. The summed E-state index contributed by atoms with van der Waals surface area (Å²) in [5, 5.41) is 22.6. The Labute approximate surface area is 165 Å². The Morgan fingerprint density at radius 1 is 1.18 bits per heavy atom. The van der Waals surface area contributed by atoms with Gasteiger partial charge >= 0.3 is 0 Å². The number of aliphatic hydroxyl groups excluding tert-OH is 2. The zero-order chi connectivity index (χ0) is 19.8. The maximum absolute atomic E-state index is 9.96. The van der Waals surface area contributed by atoms with Crippen molar-refractivity contribution < 1.29 is 14.9 Å². The van der Waals surface area contributed by atoms with Crippen LogP contribution in [0.1, 0.15) is 57.6 Å². The number of nitrogens with one attached hydrogen (secondary N) is 1. The van der Waals surface area contributed by atoms with E-state index in [2.05, 4.69) is 26.2 Å². The largest absolute Gasteiger partial charge is 0.394 e. The monoisotopic (exact) mass is 387 g/mol. The number of imidazole rings is 1. The van der Waals surface area contributed by atoms with Gasteiger partial charge in [-0.25, -0.2) is 15.0 Å². The van der Waals surface area contributed by atoms with Gasteiger partial charge in [-0.15, -0.1) is 12.3 Å². The predicted octanol–water partition coefficient (Wildman–Crippen LogP) is 2.24. The lowest BCUT2D eigenvalue weighted by Gasteiger charge is -2.13. The van der Waals surface area contributed by atoms with Crippen LogP contribution in [0.15, 0.2) is 12.7 Å². The summed E-state index contributed by atoms with van der Waals surface area (Å²) in [7, 11) is 0. The maximum Gasteiger partial charge on any atom is 0.167 e. The molecule has 8 heteroatoms. The SMILES string of the molecule is C#CCCCCCCCCNc1ncnc2c1ncn2[C@H]1CC(O)[C@@H](CO)O1. The molecule has 28 heavy (non-hydrogen) atoms. The number of hydrogen-bond donors (Lipinski definition) is 3. The second-order valence-electron chi connectivity index (χ2n) is 7.16. The van der Waals surface area contributed by atoms with Gasteiger partial charge in [-0.2, -0.15) is 0 Å². The summed E-state index contributed by atoms with van der Waals surface area (Å²) < 4.78 is 7.50. The third-order valence-corrected chi connectivity index (χ3v) is 5.09. The first-order valence-corrected chi connectivity index (χ1v) is 10.0. The van der Waals surface area contributed by atoms with E-state index in [0.717, 1.165) is 25.8 Å². The fourth-order valence-corrected chi connectivity index (χ4v) is 3.51. The average molecular weight is 387 g/mol. The number of terminal acetylenes is 1. The highest BCUT2D eigenvalue weighted by molar-refractivity contribution is 5.82. The topological polar surface area (TPSA) is 105 Å². The normalized spacial score (nSPS) is 21.8. The molecule has 0 amide bonds. The van der Waals surface area contributed by atoms with Gasteiger partial charge in [0.25, 0.3) is 0 Å². The molecule has 3 heterocycles. The highest BCUT2D eigenvalue weighted by Gasteiger charge is 2.35. The third-order valence-electron chi connectivity index (χ3n) is 5.09. The smallest absolute Gasteiger partial charge is 0.167 e. The number of nitrogens with zero attached hydrogens (tertiary/aromatic N) is 4. The van der Waals surface area contributed by atoms with Crippen LogP contribution in [-0.2, 0) is 4.74 Å². The molecule has 8 nitrogen and oxygen atoms in total. The fourth-order valence-electron chi connectivity index (χ4n) is 3.51. The highest BCUT2D eigenvalue weighted by Crippen LogP contribution is 2.31. The van der Waals surface area contributed by atoms with Crippen LogP contribution in [0.25, 0.3) is 11.2 Å². The molecule has 1 aliphatic rings. The molecule has 3 rings (SSSR count). The lowest BCUT2D eigenvalue weighted by atomic mass is 10.1. The number of anilines is 1. The zero-order valence-corrected chi connectivity index (χ0v) is 16.1. The summed E-state index contributed by atoms with van der Waals surface area (Å²) in [4.78, 5) is 13.1. The molecule has 0 aromatic carbocycles. The van der Waals surface area contributed by atoms with Crippen molar-refractivity contribution in [2.45, 2.75) is 69.8 Å². The minimum atomic E-state index is -0.696. The van der Waals surface area contributed by atoms with E-state index in [1.807, 2.05) is 0 Å². The van der Waals surface area contributed by atoms with Gasteiger partial charge in [-0.05, 0) is 12.8 Å². The van der Waals surface area contributed by atoms with Gasteiger partial charge < -0.3 is 20.3 Å². The molecule has 152 valence electrons. The number of aromatic nitrogens is 4. The first-order valence-electron chi connectivity index (χ1n) is 10.0. The number of hydrogen-bond acceptors (Lipinski definition) is 7. The van der Waals surface area contributed by atoms with Gasteiger partial charge in [0, 0.05) is 19.4 Å². The van der Waals surface area contributed by atoms with E-state index >= 15 is 0 Å². The standard InChI is InChI=1S/C20H29N5O3/c1-2-3-4-5-6-7-8-9-10-21-19-18-20(23-13-22-19)25(14-24-18)17-11-15(27)16(12-26)28-17/h1,13-17,26-27H,3-12H2,(H,21,22,23)/t15?,16-,17-/m1/s1. The molecule has 1 unspecified atom stereocenters. The van der Waals surface area contributed by atoms with Crippen molar-refractivity contribution in [1.82, 2.24) is 19.5 Å². The van der Waals surface area contributed by atoms with Gasteiger partial charge in [0.15, 0.2) is 17.0 Å². The Morgan fingerprint density at radius 3 is 2.71 bits per heavy atom. The summed E-state index contributed by atoms with van der Waals surface area (Å²) in [6.07, 6.45) is 15.0. The lowest BCUT2D eigenvalue weighted by molar-refractivity contribution is -0.0432. The van der Waals surface area contributed by atoms with Crippen LogP contribution < -0.4 is 5.32 Å². The maximum atomic E-state index is 9.96. The van der Waals surface area contributed by atoms with Gasteiger partial charge in [-0.1, -0.05) is 25.7 Å². The van der Waals surface area contributed by atoms with Gasteiger partial charge in [0.1, 0.15) is 18.7 Å². The van der Waals surface area contributed by atoms with Crippen molar-refractivity contribution in [2.24, 2.45) is 0 Å². The predicted molar refractivity (Wildman–Crippen MR) is 107 cm³/mol. The second-order valence-corrected chi connectivity index (χ2v) is 7.16. The molecule has 2 aromatic heterocycles. The van der Waals surface area contributed by atoms with E-state index in [9.17, 15) is 10.2 Å². The molecular weight excluding hydrogens is 358 g/mol. The summed E-state index contributed by atoms with van der Waals surface area (Å²) in [6, 6.07) is 0. The zero-order valence-electron chi connectivity index (χ0n) is 16.1. The molecule has 1 saturated heterocycles. The Kier molecular flexibility index (Phi) is 7.60. The molecule has 3 atom stereocenters. The summed E-state index contributed by atoms with van der Waals surface area (Å²) in [5.41, 5.74) is 1.34. The Morgan fingerprint density at radius 2 is 1.96 bits per heavy atom. The van der Waals surface area contributed by atoms with Gasteiger partial charge in [0.05, 0.1) is 19.0 Å². The van der Waals surface area contributed by atoms with E-state index in [1.54, 1.807) is 10.9 Å². The van der Waals surface area contributed by atoms with E-state index in [1.165, 1.54) is 32.0 Å². The van der Waals surface area contributed by atoms with Crippen LogP contribution in [0, 0.1) is 12.3 Å². The van der Waals surface area contributed by atoms with Crippen LogP contribution in [-0.4, -0.2) is 55.1 Å². The minimum Gasteiger partial charge on any atom is -0.394 e. The van der Waals surface area contributed by atoms with E-state index in [4.69, 9.17) is 11.2 Å². The number of ether oxygens (including phenoxy) is 1. The molecule has 1 fully saturated rings.